The minimum absolute atomic E-state index is 0.127. The van der Waals surface area contributed by atoms with Gasteiger partial charge in [-0.2, -0.15) is 0 Å². The second-order valence-electron chi connectivity index (χ2n) is 11.1. The Hall–Kier alpha value is -4.15. The van der Waals surface area contributed by atoms with Gasteiger partial charge in [-0.25, -0.2) is 23.6 Å². The average molecular weight is 684 g/mol. The second-order valence-corrected chi connectivity index (χ2v) is 12.5. The van der Waals surface area contributed by atoms with Gasteiger partial charge in [-0.05, 0) is 80.4 Å². The van der Waals surface area contributed by atoms with E-state index in [1.807, 2.05) is 12.1 Å². The summed E-state index contributed by atoms with van der Waals surface area (Å²) in [5.74, 6) is -1.01. The monoisotopic (exact) mass is 682 g/mol. The molecule has 1 aromatic heterocycles. The summed E-state index contributed by atoms with van der Waals surface area (Å²) >= 11 is 9.31. The fourth-order valence-electron chi connectivity index (χ4n) is 4.77. The van der Waals surface area contributed by atoms with E-state index in [4.69, 9.17) is 16.3 Å². The molecule has 0 saturated heterocycles. The molecule has 0 unspecified atom stereocenters. The fourth-order valence-corrected chi connectivity index (χ4v) is 5.41. The quantitative estimate of drug-likeness (QED) is 0.158. The molecule has 3 aromatic carbocycles. The van der Waals surface area contributed by atoms with Crippen LogP contribution in [0, 0.1) is 5.82 Å². The minimum atomic E-state index is -0.742. The summed E-state index contributed by atoms with van der Waals surface area (Å²) in [6.07, 6.45) is 1.20. The Bertz CT molecular complexity index is 1700. The Kier molecular flexibility index (Phi) is 10.2. The molecule has 8 nitrogen and oxygen atoms in total. The normalized spacial score (nSPS) is 11.2. The van der Waals surface area contributed by atoms with E-state index >= 15 is 0 Å². The molecule has 4 aromatic rings. The van der Waals surface area contributed by atoms with Gasteiger partial charge >= 0.3 is 12.1 Å². The number of amides is 3. The van der Waals surface area contributed by atoms with E-state index in [1.54, 1.807) is 76.4 Å². The molecule has 0 saturated carbocycles. The number of anilines is 1. The Morgan fingerprint density at radius 1 is 1.09 bits per heavy atom. The number of urea groups is 1. The zero-order chi connectivity index (χ0) is 32.2. The van der Waals surface area contributed by atoms with Crippen LogP contribution in [0.15, 0.2) is 83.9 Å². The molecule has 0 atom stereocenters. The number of nitrogens with zero attached hydrogens (tertiary/aromatic N) is 3. The van der Waals surface area contributed by atoms with Crippen LogP contribution in [0.3, 0.4) is 0 Å². The lowest BCUT2D eigenvalue weighted by atomic mass is 10.1. The fraction of sp³-hybridized carbons (Fsp3) is 0.242. The van der Waals surface area contributed by atoms with Crippen molar-refractivity contribution in [2.24, 2.45) is 0 Å². The minimum Gasteiger partial charge on any atom is -0.443 e. The van der Waals surface area contributed by atoms with Crippen LogP contribution in [0.5, 0.6) is 0 Å². The summed E-state index contributed by atoms with van der Waals surface area (Å²) in [7, 11) is 1.56. The smallest absolute Gasteiger partial charge is 0.419 e. The molecule has 0 aliphatic heterocycles. The zero-order valence-corrected chi connectivity index (χ0v) is 27.2. The third-order valence-electron chi connectivity index (χ3n) is 6.59. The van der Waals surface area contributed by atoms with Crippen molar-refractivity contribution in [1.82, 2.24) is 15.0 Å². The first kappa shape index (κ1) is 32.8. The second kappa shape index (κ2) is 13.7. The first-order chi connectivity index (χ1) is 20.8. The molecule has 0 bridgehead atoms. The first-order valence-electron chi connectivity index (χ1n) is 13.8. The van der Waals surface area contributed by atoms with Crippen molar-refractivity contribution in [2.75, 3.05) is 11.9 Å². The van der Waals surface area contributed by atoms with Crippen LogP contribution in [0.4, 0.5) is 19.7 Å². The number of hydrazine groups is 1. The molecule has 3 amide bonds. The molecule has 11 heteroatoms. The van der Waals surface area contributed by atoms with Crippen LogP contribution in [-0.4, -0.2) is 40.3 Å². The zero-order valence-electron chi connectivity index (χ0n) is 24.9. The average Bonchev–Trinajstić information content (AvgIpc) is 3.24. The highest BCUT2D eigenvalue weighted by Crippen LogP contribution is 2.29. The van der Waals surface area contributed by atoms with Crippen molar-refractivity contribution >= 4 is 62.2 Å². The number of ether oxygens (including phenoxy) is 1. The van der Waals surface area contributed by atoms with Gasteiger partial charge in [-0.1, -0.05) is 51.8 Å². The van der Waals surface area contributed by atoms with Crippen molar-refractivity contribution in [3.8, 4) is 0 Å². The maximum atomic E-state index is 14.2. The Labute approximate surface area is 269 Å². The number of allylic oxidation sites excluding steroid dienone is 1. The lowest BCUT2D eigenvalue weighted by Gasteiger charge is -2.29. The number of nitrogens with one attached hydrogen (secondary N) is 1. The number of rotatable bonds is 7. The molecule has 0 aliphatic rings. The predicted molar refractivity (Wildman–Crippen MR) is 174 cm³/mol. The van der Waals surface area contributed by atoms with Crippen LogP contribution in [0.2, 0.25) is 5.02 Å². The highest BCUT2D eigenvalue weighted by molar-refractivity contribution is 9.10. The number of carbonyl (C=O) groups excluding carboxylic acids is 3. The molecule has 0 fully saturated rings. The Balaban J connectivity index is 1.70. The Morgan fingerprint density at radius 3 is 2.41 bits per heavy atom. The SMILES string of the molecule is C=CCc1c(CC(=O)NN(Cc2cc(F)cc(Br)c2)C(=O)N(C)c2ccc(Cl)cc2)c2ccccc2n1C(=O)OC(C)(C)C. The number of carbonyl (C=O) groups is 3. The number of halogens is 3. The van der Waals surface area contributed by atoms with Crippen LogP contribution in [-0.2, 0) is 28.9 Å². The van der Waals surface area contributed by atoms with E-state index in [9.17, 15) is 18.8 Å². The summed E-state index contributed by atoms with van der Waals surface area (Å²) in [6, 6.07) is 17.6. The summed E-state index contributed by atoms with van der Waals surface area (Å²) in [5, 5.41) is 2.32. The molecule has 1 N–H and O–H groups in total. The summed E-state index contributed by atoms with van der Waals surface area (Å²) < 4.78 is 21.9. The molecule has 0 radical (unpaired) electrons. The molecule has 0 spiro atoms. The lowest BCUT2D eigenvalue weighted by molar-refractivity contribution is -0.124. The number of benzene rings is 3. The van der Waals surface area contributed by atoms with Gasteiger partial charge in [0, 0.05) is 39.7 Å². The number of hydrogen-bond acceptors (Lipinski definition) is 4. The Morgan fingerprint density at radius 2 is 1.77 bits per heavy atom. The van der Waals surface area contributed by atoms with Crippen LogP contribution < -0.4 is 10.3 Å². The van der Waals surface area contributed by atoms with Gasteiger partial charge in [0.1, 0.15) is 11.4 Å². The number of hydrogen-bond donors (Lipinski definition) is 1. The van der Waals surface area contributed by atoms with E-state index in [0.717, 1.165) is 5.01 Å². The highest BCUT2D eigenvalue weighted by Gasteiger charge is 2.28. The van der Waals surface area contributed by atoms with E-state index in [2.05, 4.69) is 27.9 Å². The molecule has 44 heavy (non-hydrogen) atoms. The van der Waals surface area contributed by atoms with Gasteiger partial charge in [0.25, 0.3) is 0 Å². The topological polar surface area (TPSA) is 83.9 Å². The van der Waals surface area contributed by atoms with Crippen LogP contribution in [0.25, 0.3) is 10.9 Å². The number of aromatic nitrogens is 1. The van der Waals surface area contributed by atoms with Gasteiger partial charge in [-0.15, -0.1) is 6.58 Å². The van der Waals surface area contributed by atoms with Gasteiger partial charge in [-0.3, -0.25) is 15.1 Å². The third kappa shape index (κ3) is 7.86. The van der Waals surface area contributed by atoms with E-state index < -0.39 is 29.4 Å². The lowest BCUT2D eigenvalue weighted by Crippen LogP contribution is -2.51. The molecular weight excluding hydrogens is 651 g/mol. The first-order valence-corrected chi connectivity index (χ1v) is 14.9. The van der Waals surface area contributed by atoms with Crippen molar-refractivity contribution in [3.05, 3.63) is 112 Å². The van der Waals surface area contributed by atoms with Gasteiger partial charge in [0.05, 0.1) is 18.5 Å². The van der Waals surface area contributed by atoms with Gasteiger partial charge in [0.2, 0.25) is 5.91 Å². The van der Waals surface area contributed by atoms with Crippen molar-refractivity contribution in [3.63, 3.8) is 0 Å². The van der Waals surface area contributed by atoms with E-state index in [1.165, 1.54) is 21.6 Å². The standard InChI is InChI=1S/C33H33BrClFN4O4/c1-6-9-28-27(26-10-7-8-11-29(26)40(28)32(43)44-33(2,3)4)19-30(41)37-39(20-21-16-22(34)18-24(36)17-21)31(42)38(5)25-14-12-23(35)13-15-25/h6-8,10-18H,1,9,19-20H2,2-5H3,(H,37,41). The maximum Gasteiger partial charge on any atom is 0.419 e. The van der Waals surface area contributed by atoms with Crippen LogP contribution >= 0.6 is 27.5 Å². The molecule has 4 rings (SSSR count). The van der Waals surface area contributed by atoms with Crippen LogP contribution in [0.1, 0.15) is 37.6 Å². The highest BCUT2D eigenvalue weighted by atomic mass is 79.9. The van der Waals surface area contributed by atoms with Gasteiger partial charge < -0.3 is 4.74 Å². The summed E-state index contributed by atoms with van der Waals surface area (Å²) in [5.41, 5.74) is 4.68. The van der Waals surface area contributed by atoms with E-state index in [0.29, 0.717) is 42.9 Å². The van der Waals surface area contributed by atoms with Gasteiger partial charge in [0.15, 0.2) is 0 Å². The summed E-state index contributed by atoms with van der Waals surface area (Å²) in [6.45, 7) is 9.05. The number of fused-ring (bicyclic) bond motifs is 1. The predicted octanol–water partition coefficient (Wildman–Crippen LogP) is 8.04. The largest absolute Gasteiger partial charge is 0.443 e. The summed E-state index contributed by atoms with van der Waals surface area (Å²) in [4.78, 5) is 42.1. The number of para-hydroxylation sites is 1. The molecular formula is C33H33BrClFN4O4. The van der Waals surface area contributed by atoms with Crippen molar-refractivity contribution < 1.29 is 23.5 Å². The van der Waals surface area contributed by atoms with E-state index in [-0.39, 0.29) is 19.4 Å². The molecule has 0 aliphatic carbocycles. The molecule has 1 heterocycles. The molecule has 230 valence electrons. The van der Waals surface area contributed by atoms with Crippen molar-refractivity contribution in [1.29, 1.82) is 0 Å². The maximum absolute atomic E-state index is 14.2. The van der Waals surface area contributed by atoms with Crippen molar-refractivity contribution in [2.45, 2.75) is 45.8 Å². The third-order valence-corrected chi connectivity index (χ3v) is 7.30.